The van der Waals surface area contributed by atoms with Gasteiger partial charge in [0.15, 0.2) is 0 Å². The molecule has 1 aliphatic heterocycles. The van der Waals surface area contributed by atoms with Crippen LogP contribution < -0.4 is 10.6 Å². The van der Waals surface area contributed by atoms with Gasteiger partial charge in [0.05, 0.1) is 11.4 Å². The van der Waals surface area contributed by atoms with Crippen molar-refractivity contribution in [1.29, 1.82) is 0 Å². The van der Waals surface area contributed by atoms with E-state index in [1.54, 1.807) is 0 Å². The molecule has 0 saturated carbocycles. The molecule has 0 aliphatic carbocycles. The second-order valence-electron chi connectivity index (χ2n) is 5.40. The van der Waals surface area contributed by atoms with E-state index >= 15 is 0 Å². The van der Waals surface area contributed by atoms with Crippen LogP contribution in [0.2, 0.25) is 0 Å². The Balaban J connectivity index is 1.97. The summed E-state index contributed by atoms with van der Waals surface area (Å²) in [4.78, 5) is 4.70. The number of halogens is 1. The highest BCUT2D eigenvalue weighted by molar-refractivity contribution is 9.10. The van der Waals surface area contributed by atoms with Gasteiger partial charge in [-0.1, -0.05) is 15.9 Å². The SMILES string of the molecule is CN(C)CC1CCN(c2ccc(Br)cc2N)CC1. The van der Waals surface area contributed by atoms with Gasteiger partial charge in [-0.3, -0.25) is 0 Å². The molecular weight excluding hydrogens is 290 g/mol. The second kappa shape index (κ2) is 5.93. The van der Waals surface area contributed by atoms with Crippen molar-refractivity contribution >= 4 is 27.3 Å². The third kappa shape index (κ3) is 3.39. The highest BCUT2D eigenvalue weighted by atomic mass is 79.9. The van der Waals surface area contributed by atoms with Crippen molar-refractivity contribution in [3.63, 3.8) is 0 Å². The first kappa shape index (κ1) is 13.7. The van der Waals surface area contributed by atoms with Crippen molar-refractivity contribution < 1.29 is 0 Å². The summed E-state index contributed by atoms with van der Waals surface area (Å²) < 4.78 is 1.05. The smallest absolute Gasteiger partial charge is 0.0600 e. The van der Waals surface area contributed by atoms with E-state index in [1.165, 1.54) is 25.1 Å². The van der Waals surface area contributed by atoms with Crippen LogP contribution in [-0.2, 0) is 0 Å². The van der Waals surface area contributed by atoms with E-state index in [-0.39, 0.29) is 0 Å². The normalized spacial score (nSPS) is 17.4. The Morgan fingerprint density at radius 1 is 1.33 bits per heavy atom. The molecule has 0 amide bonds. The van der Waals surface area contributed by atoms with Crippen LogP contribution >= 0.6 is 15.9 Å². The van der Waals surface area contributed by atoms with Crippen LogP contribution in [0.4, 0.5) is 11.4 Å². The van der Waals surface area contributed by atoms with Crippen molar-refractivity contribution in [3.05, 3.63) is 22.7 Å². The highest BCUT2D eigenvalue weighted by Crippen LogP contribution is 2.30. The molecule has 0 radical (unpaired) electrons. The van der Waals surface area contributed by atoms with Gasteiger partial charge in [0, 0.05) is 24.1 Å². The molecule has 1 fully saturated rings. The average molecular weight is 312 g/mol. The van der Waals surface area contributed by atoms with E-state index in [4.69, 9.17) is 5.73 Å². The van der Waals surface area contributed by atoms with E-state index in [2.05, 4.69) is 52.0 Å². The Hall–Kier alpha value is -0.740. The topological polar surface area (TPSA) is 32.5 Å². The minimum absolute atomic E-state index is 0.827. The van der Waals surface area contributed by atoms with Gasteiger partial charge in [-0.05, 0) is 51.1 Å². The maximum Gasteiger partial charge on any atom is 0.0600 e. The van der Waals surface area contributed by atoms with Gasteiger partial charge in [-0.2, -0.15) is 0 Å². The molecule has 0 atom stereocenters. The first-order valence-electron chi connectivity index (χ1n) is 6.51. The zero-order valence-electron chi connectivity index (χ0n) is 11.2. The third-order valence-electron chi connectivity index (χ3n) is 3.57. The molecule has 18 heavy (non-hydrogen) atoms. The molecule has 1 aromatic rings. The number of benzene rings is 1. The molecular formula is C14H22BrN3. The van der Waals surface area contributed by atoms with Gasteiger partial charge < -0.3 is 15.5 Å². The fourth-order valence-electron chi connectivity index (χ4n) is 2.69. The Labute approximate surface area is 118 Å². The van der Waals surface area contributed by atoms with E-state index in [9.17, 15) is 0 Å². The first-order valence-corrected chi connectivity index (χ1v) is 7.30. The Morgan fingerprint density at radius 2 is 2.00 bits per heavy atom. The van der Waals surface area contributed by atoms with Crippen molar-refractivity contribution in [3.8, 4) is 0 Å². The van der Waals surface area contributed by atoms with Gasteiger partial charge in [0.2, 0.25) is 0 Å². The second-order valence-corrected chi connectivity index (χ2v) is 6.31. The van der Waals surface area contributed by atoms with E-state index in [0.29, 0.717) is 0 Å². The average Bonchev–Trinajstić information content (AvgIpc) is 2.30. The molecule has 0 unspecified atom stereocenters. The fraction of sp³-hybridized carbons (Fsp3) is 0.571. The Bertz CT molecular complexity index is 398. The molecule has 2 N–H and O–H groups in total. The summed E-state index contributed by atoms with van der Waals surface area (Å²) in [5.74, 6) is 0.827. The van der Waals surface area contributed by atoms with E-state index < -0.39 is 0 Å². The summed E-state index contributed by atoms with van der Waals surface area (Å²) in [6, 6.07) is 6.17. The third-order valence-corrected chi connectivity index (χ3v) is 4.06. The number of hydrogen-bond donors (Lipinski definition) is 1. The van der Waals surface area contributed by atoms with Gasteiger partial charge in [-0.15, -0.1) is 0 Å². The first-order chi connectivity index (χ1) is 8.56. The van der Waals surface area contributed by atoms with Crippen molar-refractivity contribution in [2.24, 2.45) is 5.92 Å². The Morgan fingerprint density at radius 3 is 2.56 bits per heavy atom. The van der Waals surface area contributed by atoms with Gasteiger partial charge >= 0.3 is 0 Å². The Kier molecular flexibility index (Phi) is 4.51. The maximum absolute atomic E-state index is 6.09. The zero-order valence-corrected chi connectivity index (χ0v) is 12.8. The summed E-state index contributed by atoms with van der Waals surface area (Å²) in [7, 11) is 4.30. The summed E-state index contributed by atoms with van der Waals surface area (Å²) >= 11 is 3.45. The molecule has 2 rings (SSSR count). The molecule has 1 aromatic carbocycles. The van der Waals surface area contributed by atoms with Crippen LogP contribution in [0.15, 0.2) is 22.7 Å². The molecule has 4 heteroatoms. The van der Waals surface area contributed by atoms with Crippen LogP contribution in [0.25, 0.3) is 0 Å². The van der Waals surface area contributed by atoms with Crippen molar-refractivity contribution in [1.82, 2.24) is 4.90 Å². The molecule has 1 heterocycles. The number of piperidine rings is 1. The molecule has 1 aliphatic rings. The van der Waals surface area contributed by atoms with Gasteiger partial charge in [0.1, 0.15) is 0 Å². The zero-order chi connectivity index (χ0) is 13.1. The molecule has 0 bridgehead atoms. The molecule has 1 saturated heterocycles. The maximum atomic E-state index is 6.09. The lowest BCUT2D eigenvalue weighted by atomic mass is 9.96. The standard InChI is InChI=1S/C14H22BrN3/c1-17(2)10-11-5-7-18(8-6-11)14-4-3-12(15)9-13(14)16/h3-4,9,11H,5-8,10,16H2,1-2H3. The van der Waals surface area contributed by atoms with Gasteiger partial charge in [0.25, 0.3) is 0 Å². The number of nitrogen functional groups attached to an aromatic ring is 1. The molecule has 3 nitrogen and oxygen atoms in total. The minimum atomic E-state index is 0.827. The lowest BCUT2D eigenvalue weighted by Crippen LogP contribution is -2.37. The number of nitrogens with two attached hydrogens (primary N) is 1. The van der Waals surface area contributed by atoms with Crippen molar-refractivity contribution in [2.75, 3.05) is 44.4 Å². The predicted octanol–water partition coefficient (Wildman–Crippen LogP) is 2.81. The summed E-state index contributed by atoms with van der Waals surface area (Å²) in [5, 5.41) is 0. The van der Waals surface area contributed by atoms with Crippen LogP contribution in [0, 0.1) is 5.92 Å². The quantitative estimate of drug-likeness (QED) is 0.871. The summed E-state index contributed by atoms with van der Waals surface area (Å²) in [6.07, 6.45) is 2.52. The predicted molar refractivity (Wildman–Crippen MR) is 82.0 cm³/mol. The molecule has 0 aromatic heterocycles. The number of anilines is 2. The summed E-state index contributed by atoms with van der Waals surface area (Å²) in [5.41, 5.74) is 8.14. The van der Waals surface area contributed by atoms with E-state index in [0.717, 1.165) is 29.2 Å². The lowest BCUT2D eigenvalue weighted by molar-refractivity contribution is 0.285. The monoisotopic (exact) mass is 311 g/mol. The fourth-order valence-corrected chi connectivity index (χ4v) is 3.06. The van der Waals surface area contributed by atoms with Crippen LogP contribution in [0.5, 0.6) is 0 Å². The van der Waals surface area contributed by atoms with E-state index in [1.807, 2.05) is 6.07 Å². The number of hydrogen-bond acceptors (Lipinski definition) is 3. The minimum Gasteiger partial charge on any atom is -0.397 e. The molecule has 100 valence electrons. The largest absolute Gasteiger partial charge is 0.397 e. The summed E-state index contributed by atoms with van der Waals surface area (Å²) in [6.45, 7) is 3.43. The van der Waals surface area contributed by atoms with Crippen molar-refractivity contribution in [2.45, 2.75) is 12.8 Å². The number of nitrogens with zero attached hydrogens (tertiary/aromatic N) is 2. The molecule has 0 spiro atoms. The van der Waals surface area contributed by atoms with Crippen LogP contribution in [-0.4, -0.2) is 38.6 Å². The van der Waals surface area contributed by atoms with Gasteiger partial charge in [-0.25, -0.2) is 0 Å². The van der Waals surface area contributed by atoms with Crippen LogP contribution in [0.1, 0.15) is 12.8 Å². The number of rotatable bonds is 3. The van der Waals surface area contributed by atoms with Crippen LogP contribution in [0.3, 0.4) is 0 Å². The lowest BCUT2D eigenvalue weighted by Gasteiger charge is -2.35. The highest BCUT2D eigenvalue weighted by Gasteiger charge is 2.20.